The van der Waals surface area contributed by atoms with Crippen molar-refractivity contribution < 1.29 is 9.53 Å². The fourth-order valence-corrected chi connectivity index (χ4v) is 2.48. The number of ether oxygens (including phenoxy) is 1. The summed E-state index contributed by atoms with van der Waals surface area (Å²) in [6.45, 7) is 8.33. The molecular formula is C13H25NO2. The summed E-state index contributed by atoms with van der Waals surface area (Å²) in [4.78, 5) is 11.7. The number of rotatable bonds is 3. The first-order valence-corrected chi connectivity index (χ1v) is 6.36. The van der Waals surface area contributed by atoms with Crippen LogP contribution in [0.25, 0.3) is 0 Å². The quantitative estimate of drug-likeness (QED) is 0.753. The Balaban J connectivity index is 2.44. The number of carbonyl (C=O) groups excluding carboxylic acids is 1. The first-order chi connectivity index (χ1) is 7.40. The van der Waals surface area contributed by atoms with Crippen LogP contribution in [0.1, 0.15) is 47.0 Å². The number of nitrogens with two attached hydrogens (primary N) is 1. The summed E-state index contributed by atoms with van der Waals surface area (Å²) in [5, 5.41) is 0. The molecule has 1 saturated carbocycles. The maximum absolute atomic E-state index is 11.7. The monoisotopic (exact) mass is 227 g/mol. The molecule has 0 aromatic carbocycles. The fraction of sp³-hybridized carbons (Fsp3) is 0.923. The lowest BCUT2D eigenvalue weighted by atomic mass is 9.82. The first-order valence-electron chi connectivity index (χ1n) is 6.36. The zero-order valence-electron chi connectivity index (χ0n) is 10.9. The van der Waals surface area contributed by atoms with Gasteiger partial charge in [0, 0.05) is 0 Å². The van der Waals surface area contributed by atoms with Crippen LogP contribution >= 0.6 is 0 Å². The highest BCUT2D eigenvalue weighted by Gasteiger charge is 2.28. The minimum Gasteiger partial charge on any atom is -0.461 e. The Bertz CT molecular complexity index is 230. The molecule has 0 heterocycles. The van der Waals surface area contributed by atoms with Crippen molar-refractivity contribution in [2.75, 3.05) is 0 Å². The minimum absolute atomic E-state index is 0.0797. The maximum Gasteiger partial charge on any atom is 0.323 e. The van der Waals surface area contributed by atoms with Crippen molar-refractivity contribution in [3.8, 4) is 0 Å². The van der Waals surface area contributed by atoms with Crippen molar-refractivity contribution >= 4 is 5.97 Å². The van der Waals surface area contributed by atoms with Gasteiger partial charge in [-0.05, 0) is 37.0 Å². The number of carbonyl (C=O) groups is 1. The van der Waals surface area contributed by atoms with Crippen molar-refractivity contribution in [1.82, 2.24) is 0 Å². The second-order valence-electron chi connectivity index (χ2n) is 5.75. The highest BCUT2D eigenvalue weighted by Crippen LogP contribution is 2.30. The van der Waals surface area contributed by atoms with E-state index in [4.69, 9.17) is 10.5 Å². The van der Waals surface area contributed by atoms with E-state index in [2.05, 4.69) is 13.8 Å². The van der Waals surface area contributed by atoms with Gasteiger partial charge in [-0.1, -0.05) is 27.7 Å². The second kappa shape index (κ2) is 5.67. The summed E-state index contributed by atoms with van der Waals surface area (Å²) in [5.74, 6) is 1.21. The van der Waals surface area contributed by atoms with Crippen LogP contribution < -0.4 is 5.73 Å². The average molecular weight is 227 g/mol. The van der Waals surface area contributed by atoms with Gasteiger partial charge in [0.1, 0.15) is 12.1 Å². The van der Waals surface area contributed by atoms with Crippen LogP contribution in [0, 0.1) is 17.8 Å². The smallest absolute Gasteiger partial charge is 0.323 e. The summed E-state index contributed by atoms with van der Waals surface area (Å²) in [5.41, 5.74) is 5.77. The van der Waals surface area contributed by atoms with Crippen LogP contribution in [-0.2, 0) is 9.53 Å². The van der Waals surface area contributed by atoms with Crippen molar-refractivity contribution in [1.29, 1.82) is 0 Å². The van der Waals surface area contributed by atoms with E-state index in [9.17, 15) is 4.79 Å². The van der Waals surface area contributed by atoms with Crippen LogP contribution in [0.15, 0.2) is 0 Å². The molecule has 0 aromatic rings. The Morgan fingerprint density at radius 2 is 1.69 bits per heavy atom. The van der Waals surface area contributed by atoms with E-state index in [1.165, 1.54) is 6.42 Å². The van der Waals surface area contributed by atoms with Gasteiger partial charge in [-0.25, -0.2) is 0 Å². The number of hydrogen-bond acceptors (Lipinski definition) is 3. The Hall–Kier alpha value is -0.570. The molecule has 1 rings (SSSR count). The summed E-state index contributed by atoms with van der Waals surface area (Å²) in [6, 6.07) is -0.479. The SMILES string of the molecule is CC1CC(C)CC(OC(=O)C(N)C(C)C)C1. The molecule has 0 spiro atoms. The van der Waals surface area contributed by atoms with E-state index < -0.39 is 6.04 Å². The molecule has 1 aliphatic carbocycles. The van der Waals surface area contributed by atoms with Gasteiger partial charge in [0.05, 0.1) is 0 Å². The van der Waals surface area contributed by atoms with Crippen molar-refractivity contribution in [3.63, 3.8) is 0 Å². The number of esters is 1. The van der Waals surface area contributed by atoms with Crippen LogP contribution in [0.3, 0.4) is 0 Å². The van der Waals surface area contributed by atoms with E-state index in [0.717, 1.165) is 12.8 Å². The van der Waals surface area contributed by atoms with Crippen LogP contribution in [-0.4, -0.2) is 18.1 Å². The highest BCUT2D eigenvalue weighted by molar-refractivity contribution is 5.75. The lowest BCUT2D eigenvalue weighted by molar-refractivity contribution is -0.154. The van der Waals surface area contributed by atoms with E-state index in [-0.39, 0.29) is 18.0 Å². The molecule has 2 N–H and O–H groups in total. The Morgan fingerprint density at radius 3 is 2.12 bits per heavy atom. The molecular weight excluding hydrogens is 202 g/mol. The van der Waals surface area contributed by atoms with Gasteiger partial charge in [0.2, 0.25) is 0 Å². The van der Waals surface area contributed by atoms with Gasteiger partial charge in [-0.3, -0.25) is 4.79 Å². The molecule has 0 radical (unpaired) electrons. The van der Waals surface area contributed by atoms with E-state index in [0.29, 0.717) is 11.8 Å². The molecule has 16 heavy (non-hydrogen) atoms. The van der Waals surface area contributed by atoms with Gasteiger partial charge >= 0.3 is 5.97 Å². The lowest BCUT2D eigenvalue weighted by Gasteiger charge is -2.31. The topological polar surface area (TPSA) is 52.3 Å². The van der Waals surface area contributed by atoms with Gasteiger partial charge in [0.25, 0.3) is 0 Å². The summed E-state index contributed by atoms with van der Waals surface area (Å²) in [6.07, 6.45) is 3.29. The van der Waals surface area contributed by atoms with Crippen molar-refractivity contribution in [2.45, 2.75) is 59.1 Å². The molecule has 0 bridgehead atoms. The first kappa shape index (κ1) is 13.5. The largest absolute Gasteiger partial charge is 0.461 e. The van der Waals surface area contributed by atoms with E-state index >= 15 is 0 Å². The third-order valence-electron chi connectivity index (χ3n) is 3.41. The average Bonchev–Trinajstić information content (AvgIpc) is 2.14. The van der Waals surface area contributed by atoms with Gasteiger partial charge in [-0.15, -0.1) is 0 Å². The molecule has 0 saturated heterocycles. The fourth-order valence-electron chi connectivity index (χ4n) is 2.48. The zero-order valence-corrected chi connectivity index (χ0v) is 10.9. The van der Waals surface area contributed by atoms with Crippen molar-refractivity contribution in [3.05, 3.63) is 0 Å². The molecule has 0 amide bonds. The Kier molecular flexibility index (Phi) is 4.78. The second-order valence-corrected chi connectivity index (χ2v) is 5.75. The number of hydrogen-bond donors (Lipinski definition) is 1. The summed E-state index contributed by atoms with van der Waals surface area (Å²) in [7, 11) is 0. The Labute approximate surface area is 98.7 Å². The van der Waals surface area contributed by atoms with Crippen molar-refractivity contribution in [2.24, 2.45) is 23.5 Å². The third kappa shape index (κ3) is 3.78. The molecule has 1 aliphatic rings. The molecule has 0 aliphatic heterocycles. The molecule has 0 aromatic heterocycles. The van der Waals surface area contributed by atoms with Crippen LogP contribution in [0.2, 0.25) is 0 Å². The maximum atomic E-state index is 11.7. The predicted octanol–water partition coefficient (Wildman–Crippen LogP) is 2.34. The minimum atomic E-state index is -0.479. The van der Waals surface area contributed by atoms with E-state index in [1.54, 1.807) is 0 Å². The molecule has 1 fully saturated rings. The summed E-state index contributed by atoms with van der Waals surface area (Å²) >= 11 is 0. The lowest BCUT2D eigenvalue weighted by Crippen LogP contribution is -2.40. The predicted molar refractivity (Wildman–Crippen MR) is 64.9 cm³/mol. The Morgan fingerprint density at radius 1 is 1.19 bits per heavy atom. The van der Waals surface area contributed by atoms with Gasteiger partial charge < -0.3 is 10.5 Å². The zero-order chi connectivity index (χ0) is 12.3. The molecule has 3 heteroatoms. The van der Waals surface area contributed by atoms with E-state index in [1.807, 2.05) is 13.8 Å². The third-order valence-corrected chi connectivity index (χ3v) is 3.41. The standard InChI is InChI=1S/C13H25NO2/c1-8(2)12(14)13(15)16-11-6-9(3)5-10(4)7-11/h8-12H,5-7,14H2,1-4H3. The molecule has 94 valence electrons. The van der Waals surface area contributed by atoms with Crippen LogP contribution in [0.4, 0.5) is 0 Å². The van der Waals surface area contributed by atoms with Gasteiger partial charge in [-0.2, -0.15) is 0 Å². The molecule has 3 atom stereocenters. The molecule has 3 unspecified atom stereocenters. The molecule has 3 nitrogen and oxygen atoms in total. The summed E-state index contributed by atoms with van der Waals surface area (Å²) < 4.78 is 5.49. The van der Waals surface area contributed by atoms with Gasteiger partial charge in [0.15, 0.2) is 0 Å². The highest BCUT2D eigenvalue weighted by atomic mass is 16.5. The van der Waals surface area contributed by atoms with Crippen LogP contribution in [0.5, 0.6) is 0 Å². The normalized spacial score (nSPS) is 32.5.